The van der Waals surface area contributed by atoms with Crippen LogP contribution in [-0.4, -0.2) is 12.1 Å². The summed E-state index contributed by atoms with van der Waals surface area (Å²) in [5.74, 6) is -0.253. The van der Waals surface area contributed by atoms with Gasteiger partial charge in [-0.3, -0.25) is 0 Å². The summed E-state index contributed by atoms with van der Waals surface area (Å²) in [4.78, 5) is 10.7. The van der Waals surface area contributed by atoms with Crippen molar-refractivity contribution in [3.8, 4) is 0 Å². The molecular weight excluding hydrogens is 128 g/mol. The summed E-state index contributed by atoms with van der Waals surface area (Å²) in [6, 6.07) is 0. The van der Waals surface area contributed by atoms with Crippen LogP contribution >= 0.6 is 0 Å². The van der Waals surface area contributed by atoms with Crippen molar-refractivity contribution < 1.29 is 9.53 Å². The van der Waals surface area contributed by atoms with Crippen molar-refractivity contribution in [3.63, 3.8) is 0 Å². The van der Waals surface area contributed by atoms with E-state index in [9.17, 15) is 4.79 Å². The van der Waals surface area contributed by atoms with Gasteiger partial charge in [0, 0.05) is 6.08 Å². The van der Waals surface area contributed by atoms with E-state index < -0.39 is 0 Å². The highest BCUT2D eigenvalue weighted by Gasteiger charge is 1.97. The van der Waals surface area contributed by atoms with Crippen molar-refractivity contribution in [2.45, 2.75) is 33.3 Å². The SMILES string of the molecule is CC/C=C/C(=O)OC(C)C. The average Bonchev–Trinajstić information content (AvgIpc) is 1.82. The maximum absolute atomic E-state index is 10.7. The Morgan fingerprint density at radius 1 is 1.60 bits per heavy atom. The fraction of sp³-hybridized carbons (Fsp3) is 0.625. The van der Waals surface area contributed by atoms with Gasteiger partial charge in [-0.15, -0.1) is 0 Å². The summed E-state index contributed by atoms with van der Waals surface area (Å²) in [5.41, 5.74) is 0. The van der Waals surface area contributed by atoms with Crippen molar-refractivity contribution in [2.75, 3.05) is 0 Å². The van der Waals surface area contributed by atoms with E-state index in [4.69, 9.17) is 4.74 Å². The largest absolute Gasteiger partial charge is 0.460 e. The van der Waals surface area contributed by atoms with Crippen molar-refractivity contribution in [1.29, 1.82) is 0 Å². The number of hydrogen-bond acceptors (Lipinski definition) is 2. The second-order valence-corrected chi connectivity index (χ2v) is 2.30. The first-order valence-corrected chi connectivity index (χ1v) is 3.54. The lowest BCUT2D eigenvalue weighted by Gasteiger charge is -2.03. The average molecular weight is 142 g/mol. The zero-order valence-corrected chi connectivity index (χ0v) is 6.76. The summed E-state index contributed by atoms with van der Waals surface area (Å²) in [5, 5.41) is 0. The highest BCUT2D eigenvalue weighted by atomic mass is 16.5. The second-order valence-electron chi connectivity index (χ2n) is 2.30. The smallest absolute Gasteiger partial charge is 0.330 e. The molecule has 2 nitrogen and oxygen atoms in total. The quantitative estimate of drug-likeness (QED) is 0.444. The topological polar surface area (TPSA) is 26.3 Å². The summed E-state index contributed by atoms with van der Waals surface area (Å²) in [6.07, 6.45) is 4.09. The van der Waals surface area contributed by atoms with Crippen LogP contribution in [0, 0.1) is 0 Å². The summed E-state index contributed by atoms with van der Waals surface area (Å²) < 4.78 is 4.83. The lowest BCUT2D eigenvalue weighted by molar-refractivity contribution is -0.141. The van der Waals surface area contributed by atoms with E-state index in [1.807, 2.05) is 20.8 Å². The molecule has 0 fully saturated rings. The standard InChI is InChI=1S/C8H14O2/c1-4-5-6-8(9)10-7(2)3/h5-7H,4H2,1-3H3/b6-5+. The van der Waals surface area contributed by atoms with Gasteiger partial charge in [-0.25, -0.2) is 4.79 Å². The number of carbonyl (C=O) groups excluding carboxylic acids is 1. The van der Waals surface area contributed by atoms with Gasteiger partial charge in [0.25, 0.3) is 0 Å². The summed E-state index contributed by atoms with van der Waals surface area (Å²) >= 11 is 0. The van der Waals surface area contributed by atoms with E-state index in [1.165, 1.54) is 6.08 Å². The zero-order valence-electron chi connectivity index (χ0n) is 6.76. The first kappa shape index (κ1) is 9.21. The highest BCUT2D eigenvalue weighted by Crippen LogP contribution is 1.90. The van der Waals surface area contributed by atoms with Crippen molar-refractivity contribution in [1.82, 2.24) is 0 Å². The zero-order chi connectivity index (χ0) is 7.98. The summed E-state index contributed by atoms with van der Waals surface area (Å²) in [7, 11) is 0. The van der Waals surface area contributed by atoms with Crippen LogP contribution in [-0.2, 0) is 9.53 Å². The molecule has 0 radical (unpaired) electrons. The molecule has 0 heterocycles. The Hall–Kier alpha value is -0.790. The molecule has 10 heavy (non-hydrogen) atoms. The minimum absolute atomic E-state index is 0.0194. The third-order valence-corrected chi connectivity index (χ3v) is 0.841. The molecule has 0 atom stereocenters. The van der Waals surface area contributed by atoms with E-state index in [-0.39, 0.29) is 12.1 Å². The van der Waals surface area contributed by atoms with Crippen molar-refractivity contribution in [3.05, 3.63) is 12.2 Å². The molecule has 0 aromatic carbocycles. The van der Waals surface area contributed by atoms with E-state index in [0.717, 1.165) is 6.42 Å². The maximum atomic E-state index is 10.7. The number of ether oxygens (including phenoxy) is 1. The molecule has 0 aliphatic rings. The van der Waals surface area contributed by atoms with Gasteiger partial charge in [-0.1, -0.05) is 13.0 Å². The molecule has 0 bridgehead atoms. The number of hydrogen-bond donors (Lipinski definition) is 0. The molecule has 2 heteroatoms. The van der Waals surface area contributed by atoms with Gasteiger partial charge < -0.3 is 4.74 Å². The van der Waals surface area contributed by atoms with Crippen LogP contribution in [0.15, 0.2) is 12.2 Å². The molecular formula is C8H14O2. The van der Waals surface area contributed by atoms with Crippen LogP contribution in [0.25, 0.3) is 0 Å². The fourth-order valence-corrected chi connectivity index (χ4v) is 0.486. The Labute approximate surface area is 61.9 Å². The van der Waals surface area contributed by atoms with E-state index in [1.54, 1.807) is 6.08 Å². The first-order valence-electron chi connectivity index (χ1n) is 3.54. The van der Waals surface area contributed by atoms with Crippen LogP contribution < -0.4 is 0 Å². The normalized spacial score (nSPS) is 10.8. The Kier molecular flexibility index (Phi) is 4.63. The van der Waals surface area contributed by atoms with Gasteiger partial charge in [0.1, 0.15) is 0 Å². The monoisotopic (exact) mass is 142 g/mol. The molecule has 0 aromatic rings. The molecule has 0 aliphatic carbocycles. The molecule has 0 rings (SSSR count). The Morgan fingerprint density at radius 3 is 2.60 bits per heavy atom. The number of esters is 1. The van der Waals surface area contributed by atoms with Crippen LogP contribution in [0.5, 0.6) is 0 Å². The summed E-state index contributed by atoms with van der Waals surface area (Å²) in [6.45, 7) is 5.63. The Balaban J connectivity index is 3.54. The van der Waals surface area contributed by atoms with E-state index >= 15 is 0 Å². The lowest BCUT2D eigenvalue weighted by Crippen LogP contribution is -2.08. The van der Waals surface area contributed by atoms with Crippen LogP contribution in [0.3, 0.4) is 0 Å². The highest BCUT2D eigenvalue weighted by molar-refractivity contribution is 5.81. The Morgan fingerprint density at radius 2 is 2.20 bits per heavy atom. The molecule has 0 amide bonds. The molecule has 0 spiro atoms. The molecule has 0 aromatic heterocycles. The van der Waals surface area contributed by atoms with Gasteiger partial charge in [0.05, 0.1) is 6.10 Å². The predicted molar refractivity (Wildman–Crippen MR) is 40.7 cm³/mol. The minimum atomic E-state index is -0.253. The number of allylic oxidation sites excluding steroid dienone is 1. The molecule has 0 saturated carbocycles. The van der Waals surface area contributed by atoms with Crippen molar-refractivity contribution >= 4 is 5.97 Å². The minimum Gasteiger partial charge on any atom is -0.460 e. The fourth-order valence-electron chi connectivity index (χ4n) is 0.486. The maximum Gasteiger partial charge on any atom is 0.330 e. The van der Waals surface area contributed by atoms with Crippen LogP contribution in [0.1, 0.15) is 27.2 Å². The van der Waals surface area contributed by atoms with Gasteiger partial charge >= 0.3 is 5.97 Å². The third kappa shape index (κ3) is 5.35. The van der Waals surface area contributed by atoms with Gasteiger partial charge in [-0.2, -0.15) is 0 Å². The van der Waals surface area contributed by atoms with Crippen molar-refractivity contribution in [2.24, 2.45) is 0 Å². The van der Waals surface area contributed by atoms with Gasteiger partial charge in [-0.05, 0) is 20.3 Å². The number of carbonyl (C=O) groups is 1. The lowest BCUT2D eigenvalue weighted by atomic mass is 10.4. The molecule has 0 unspecified atom stereocenters. The van der Waals surface area contributed by atoms with Gasteiger partial charge in [0.2, 0.25) is 0 Å². The van der Waals surface area contributed by atoms with Crippen LogP contribution in [0.4, 0.5) is 0 Å². The molecule has 0 N–H and O–H groups in total. The Bertz CT molecular complexity index is 125. The van der Waals surface area contributed by atoms with E-state index in [2.05, 4.69) is 0 Å². The second kappa shape index (κ2) is 5.03. The molecule has 58 valence electrons. The predicted octanol–water partition coefficient (Wildman–Crippen LogP) is 1.90. The number of rotatable bonds is 3. The third-order valence-electron chi connectivity index (χ3n) is 0.841. The van der Waals surface area contributed by atoms with E-state index in [0.29, 0.717) is 0 Å². The first-order chi connectivity index (χ1) is 4.66. The molecule has 0 aliphatic heterocycles. The van der Waals surface area contributed by atoms with Crippen LogP contribution in [0.2, 0.25) is 0 Å². The van der Waals surface area contributed by atoms with Gasteiger partial charge in [0.15, 0.2) is 0 Å². The molecule has 0 saturated heterocycles.